The molecule has 1 unspecified atom stereocenters. The molecule has 0 radical (unpaired) electrons. The first-order valence-corrected chi connectivity index (χ1v) is 6.25. The van der Waals surface area contributed by atoms with Gasteiger partial charge in [0.15, 0.2) is 5.17 Å². The maximum Gasteiger partial charge on any atom is 0.157 e. The van der Waals surface area contributed by atoms with Gasteiger partial charge in [-0.3, -0.25) is 4.99 Å². The van der Waals surface area contributed by atoms with Gasteiger partial charge in [-0.1, -0.05) is 49.0 Å². The molecule has 1 N–H and O–H groups in total. The van der Waals surface area contributed by atoms with Gasteiger partial charge < -0.3 is 5.32 Å². The van der Waals surface area contributed by atoms with Crippen LogP contribution in [0.3, 0.4) is 0 Å². The molecule has 1 aromatic carbocycles. The van der Waals surface area contributed by atoms with Gasteiger partial charge in [-0.15, -0.1) is 0 Å². The van der Waals surface area contributed by atoms with E-state index in [0.29, 0.717) is 5.25 Å². The smallest absolute Gasteiger partial charge is 0.157 e. The Labute approximate surface area is 95.2 Å². The highest BCUT2D eigenvalue weighted by Gasteiger charge is 2.16. The van der Waals surface area contributed by atoms with Gasteiger partial charge in [-0.25, -0.2) is 0 Å². The molecule has 2 rings (SSSR count). The molecular weight excluding hydrogens is 204 g/mol. The third kappa shape index (κ3) is 2.99. The minimum Gasteiger partial charge on any atom is -0.361 e. The third-order valence-electron chi connectivity index (χ3n) is 2.46. The van der Waals surface area contributed by atoms with E-state index >= 15 is 0 Å². The number of amidine groups is 1. The summed E-state index contributed by atoms with van der Waals surface area (Å²) in [5, 5.41) is 5.16. The molecule has 0 spiro atoms. The van der Waals surface area contributed by atoms with Crippen LogP contribution in [0.1, 0.15) is 18.9 Å². The van der Waals surface area contributed by atoms with Crippen molar-refractivity contribution in [3.63, 3.8) is 0 Å². The summed E-state index contributed by atoms with van der Waals surface area (Å²) in [6, 6.07) is 10.4. The number of nitrogens with one attached hydrogen (secondary N) is 1. The largest absolute Gasteiger partial charge is 0.361 e. The van der Waals surface area contributed by atoms with Gasteiger partial charge in [0, 0.05) is 11.8 Å². The van der Waals surface area contributed by atoms with Crippen LogP contribution in [0.25, 0.3) is 0 Å². The van der Waals surface area contributed by atoms with Crippen LogP contribution in [-0.4, -0.2) is 17.0 Å². The fourth-order valence-electron chi connectivity index (χ4n) is 1.50. The van der Waals surface area contributed by atoms with Crippen molar-refractivity contribution >= 4 is 16.9 Å². The number of rotatable bonds is 3. The molecule has 3 heteroatoms. The highest BCUT2D eigenvalue weighted by Crippen LogP contribution is 2.22. The first-order valence-electron chi connectivity index (χ1n) is 5.37. The van der Waals surface area contributed by atoms with Gasteiger partial charge in [-0.2, -0.15) is 0 Å². The molecular formula is C12H16N2S. The molecule has 1 heterocycles. The summed E-state index contributed by atoms with van der Waals surface area (Å²) >= 11 is 1.87. The lowest BCUT2D eigenvalue weighted by atomic mass is 10.2. The SMILES string of the molecule is CCC1CN=C(NCc2ccccc2)S1. The molecule has 0 aliphatic carbocycles. The van der Waals surface area contributed by atoms with Gasteiger partial charge in [0.25, 0.3) is 0 Å². The number of benzene rings is 1. The quantitative estimate of drug-likeness (QED) is 0.847. The van der Waals surface area contributed by atoms with E-state index in [2.05, 4.69) is 41.5 Å². The lowest BCUT2D eigenvalue weighted by molar-refractivity contribution is 0.839. The van der Waals surface area contributed by atoms with E-state index in [4.69, 9.17) is 0 Å². The fraction of sp³-hybridized carbons (Fsp3) is 0.417. The van der Waals surface area contributed by atoms with Crippen molar-refractivity contribution in [3.05, 3.63) is 35.9 Å². The van der Waals surface area contributed by atoms with Gasteiger partial charge >= 0.3 is 0 Å². The van der Waals surface area contributed by atoms with E-state index < -0.39 is 0 Å². The summed E-state index contributed by atoms with van der Waals surface area (Å²) in [6.45, 7) is 4.06. The topological polar surface area (TPSA) is 24.4 Å². The van der Waals surface area contributed by atoms with E-state index in [0.717, 1.165) is 18.3 Å². The second-order valence-electron chi connectivity index (χ2n) is 3.63. The molecule has 0 bridgehead atoms. The Bertz CT molecular complexity index is 335. The zero-order chi connectivity index (χ0) is 10.5. The van der Waals surface area contributed by atoms with Crippen LogP contribution in [0, 0.1) is 0 Å². The maximum absolute atomic E-state index is 4.47. The predicted molar refractivity (Wildman–Crippen MR) is 67.3 cm³/mol. The first kappa shape index (κ1) is 10.6. The van der Waals surface area contributed by atoms with Crippen LogP contribution in [0.4, 0.5) is 0 Å². The lowest BCUT2D eigenvalue weighted by Gasteiger charge is -2.06. The maximum atomic E-state index is 4.47. The van der Waals surface area contributed by atoms with Crippen LogP contribution < -0.4 is 5.32 Å². The Morgan fingerprint density at radius 2 is 2.20 bits per heavy atom. The summed E-state index contributed by atoms with van der Waals surface area (Å²) in [7, 11) is 0. The number of aliphatic imine (C=N–C) groups is 1. The zero-order valence-electron chi connectivity index (χ0n) is 8.94. The number of nitrogens with zero attached hydrogens (tertiary/aromatic N) is 1. The molecule has 1 aliphatic heterocycles. The summed E-state index contributed by atoms with van der Waals surface area (Å²) in [5.41, 5.74) is 1.31. The molecule has 0 aromatic heterocycles. The zero-order valence-corrected chi connectivity index (χ0v) is 9.76. The van der Waals surface area contributed by atoms with Crippen LogP contribution >= 0.6 is 11.8 Å². The van der Waals surface area contributed by atoms with Crippen LogP contribution in [-0.2, 0) is 6.54 Å². The second kappa shape index (κ2) is 5.21. The lowest BCUT2D eigenvalue weighted by Crippen LogP contribution is -2.18. The van der Waals surface area contributed by atoms with E-state index in [1.165, 1.54) is 12.0 Å². The van der Waals surface area contributed by atoms with E-state index in [1.54, 1.807) is 0 Å². The number of hydrogen-bond donors (Lipinski definition) is 1. The molecule has 15 heavy (non-hydrogen) atoms. The van der Waals surface area contributed by atoms with Gasteiger partial charge in [0.1, 0.15) is 0 Å². The Hall–Kier alpha value is -0.960. The normalized spacial score (nSPS) is 20.1. The molecule has 80 valence electrons. The van der Waals surface area contributed by atoms with Crippen molar-refractivity contribution in [2.24, 2.45) is 4.99 Å². The van der Waals surface area contributed by atoms with Crippen LogP contribution in [0.15, 0.2) is 35.3 Å². The van der Waals surface area contributed by atoms with Gasteiger partial charge in [0.2, 0.25) is 0 Å². The van der Waals surface area contributed by atoms with Crippen molar-refractivity contribution in [1.82, 2.24) is 5.32 Å². The average molecular weight is 220 g/mol. The predicted octanol–water partition coefficient (Wildman–Crippen LogP) is 2.66. The Morgan fingerprint density at radius 3 is 2.87 bits per heavy atom. The molecule has 1 atom stereocenters. The Balaban J connectivity index is 1.80. The molecule has 1 aromatic rings. The number of hydrogen-bond acceptors (Lipinski definition) is 3. The second-order valence-corrected chi connectivity index (χ2v) is 4.92. The standard InChI is InChI=1S/C12H16N2S/c1-2-11-9-14-12(15-11)13-8-10-6-4-3-5-7-10/h3-7,11H,2,8-9H2,1H3,(H,13,14). The van der Waals surface area contributed by atoms with E-state index in [-0.39, 0.29) is 0 Å². The fourth-order valence-corrected chi connectivity index (χ4v) is 2.44. The highest BCUT2D eigenvalue weighted by atomic mass is 32.2. The molecule has 0 fully saturated rings. The number of thioether (sulfide) groups is 1. The summed E-state index contributed by atoms with van der Waals surface area (Å²) in [6.07, 6.45) is 1.20. The molecule has 0 amide bonds. The van der Waals surface area contributed by atoms with Crippen molar-refractivity contribution < 1.29 is 0 Å². The average Bonchev–Trinajstić information content (AvgIpc) is 2.76. The third-order valence-corrected chi connectivity index (χ3v) is 3.77. The Kier molecular flexibility index (Phi) is 3.67. The summed E-state index contributed by atoms with van der Waals surface area (Å²) in [4.78, 5) is 4.47. The van der Waals surface area contributed by atoms with E-state index in [1.807, 2.05) is 17.8 Å². The van der Waals surface area contributed by atoms with Gasteiger partial charge in [0.05, 0.1) is 6.54 Å². The first-order chi connectivity index (χ1) is 7.38. The molecule has 1 aliphatic rings. The summed E-state index contributed by atoms with van der Waals surface area (Å²) < 4.78 is 0. The summed E-state index contributed by atoms with van der Waals surface area (Å²) in [5.74, 6) is 0. The van der Waals surface area contributed by atoms with Crippen LogP contribution in [0.5, 0.6) is 0 Å². The van der Waals surface area contributed by atoms with E-state index in [9.17, 15) is 0 Å². The van der Waals surface area contributed by atoms with Crippen molar-refractivity contribution in [2.45, 2.75) is 25.1 Å². The van der Waals surface area contributed by atoms with Crippen molar-refractivity contribution in [1.29, 1.82) is 0 Å². The van der Waals surface area contributed by atoms with Gasteiger partial charge in [-0.05, 0) is 12.0 Å². The van der Waals surface area contributed by atoms with Crippen molar-refractivity contribution in [3.8, 4) is 0 Å². The monoisotopic (exact) mass is 220 g/mol. The molecule has 2 nitrogen and oxygen atoms in total. The molecule has 0 saturated carbocycles. The Morgan fingerprint density at radius 1 is 1.40 bits per heavy atom. The van der Waals surface area contributed by atoms with Crippen molar-refractivity contribution in [2.75, 3.05) is 6.54 Å². The minimum absolute atomic E-state index is 0.684. The highest BCUT2D eigenvalue weighted by molar-refractivity contribution is 8.14. The minimum atomic E-state index is 0.684. The van der Waals surface area contributed by atoms with Crippen LogP contribution in [0.2, 0.25) is 0 Å². The molecule has 0 saturated heterocycles.